The van der Waals surface area contributed by atoms with Crippen molar-refractivity contribution in [1.29, 1.82) is 0 Å². The summed E-state index contributed by atoms with van der Waals surface area (Å²) in [6, 6.07) is 7.55. The summed E-state index contributed by atoms with van der Waals surface area (Å²) in [6.45, 7) is 4.26. The molecule has 0 saturated carbocycles. The van der Waals surface area contributed by atoms with E-state index in [1.165, 1.54) is 0 Å². The van der Waals surface area contributed by atoms with Crippen LogP contribution in [0.4, 0.5) is 0 Å². The van der Waals surface area contributed by atoms with E-state index in [0.29, 0.717) is 12.3 Å². The van der Waals surface area contributed by atoms with Crippen molar-refractivity contribution in [2.24, 2.45) is 5.73 Å². The van der Waals surface area contributed by atoms with Gasteiger partial charge in [0.25, 0.3) is 0 Å². The van der Waals surface area contributed by atoms with Crippen LogP contribution < -0.4 is 10.5 Å². The molecule has 0 aliphatic carbocycles. The normalized spacial score (nSPS) is 10.3. The van der Waals surface area contributed by atoms with Crippen LogP contribution in [0.25, 0.3) is 0 Å². The Morgan fingerprint density at radius 3 is 2.60 bits per heavy atom. The minimum atomic E-state index is 0.271. The van der Waals surface area contributed by atoms with Crippen LogP contribution in [0.15, 0.2) is 30.5 Å². The maximum Gasteiger partial charge on any atom is 0.123 e. The second kappa shape index (κ2) is 6.20. The van der Waals surface area contributed by atoms with Crippen molar-refractivity contribution in [2.75, 3.05) is 0 Å². The van der Waals surface area contributed by atoms with Crippen molar-refractivity contribution < 1.29 is 4.74 Å². The lowest BCUT2D eigenvalue weighted by Gasteiger charge is -2.11. The molecule has 1 aromatic carbocycles. The Morgan fingerprint density at radius 1 is 1.35 bits per heavy atom. The van der Waals surface area contributed by atoms with Gasteiger partial charge in [-0.05, 0) is 43.2 Å². The molecule has 3 nitrogen and oxygen atoms in total. The number of ether oxygens (including phenoxy) is 1. The smallest absolute Gasteiger partial charge is 0.123 e. The third-order valence-electron chi connectivity index (χ3n) is 2.93. The number of thiocarbonyl (C=S) groups is 1. The summed E-state index contributed by atoms with van der Waals surface area (Å²) in [4.78, 5) is 4.44. The molecule has 0 spiro atoms. The number of halogens is 1. The first-order valence-corrected chi connectivity index (χ1v) is 6.91. The average molecular weight is 307 g/mol. The van der Waals surface area contributed by atoms with Gasteiger partial charge in [-0.2, -0.15) is 0 Å². The van der Waals surface area contributed by atoms with Crippen molar-refractivity contribution >= 4 is 28.8 Å². The number of hydrogen-bond donors (Lipinski definition) is 1. The lowest BCUT2D eigenvalue weighted by atomic mass is 10.1. The molecule has 1 heterocycles. The minimum Gasteiger partial charge on any atom is -0.489 e. The second-order valence-electron chi connectivity index (χ2n) is 4.54. The molecule has 2 rings (SSSR count). The van der Waals surface area contributed by atoms with Crippen LogP contribution in [0.5, 0.6) is 5.75 Å². The van der Waals surface area contributed by atoms with Crippen LogP contribution in [0.2, 0.25) is 5.02 Å². The molecule has 0 amide bonds. The zero-order chi connectivity index (χ0) is 14.7. The van der Waals surface area contributed by atoms with Gasteiger partial charge in [0.2, 0.25) is 0 Å². The Kier molecular flexibility index (Phi) is 4.57. The van der Waals surface area contributed by atoms with Crippen LogP contribution in [-0.4, -0.2) is 9.97 Å². The Bertz CT molecular complexity index is 635. The number of nitrogens with zero attached hydrogens (tertiary/aromatic N) is 1. The van der Waals surface area contributed by atoms with Crippen LogP contribution in [0.3, 0.4) is 0 Å². The van der Waals surface area contributed by atoms with Gasteiger partial charge in [0.15, 0.2) is 0 Å². The van der Waals surface area contributed by atoms with E-state index in [2.05, 4.69) is 4.98 Å². The molecule has 0 fully saturated rings. The second-order valence-corrected chi connectivity index (χ2v) is 5.35. The fraction of sp³-hybridized carbons (Fsp3) is 0.200. The molecule has 0 aliphatic rings. The molecule has 0 radical (unpaired) electrons. The van der Waals surface area contributed by atoms with E-state index in [4.69, 9.17) is 34.3 Å². The lowest BCUT2D eigenvalue weighted by molar-refractivity contribution is 0.305. The minimum absolute atomic E-state index is 0.271. The Labute approximate surface area is 128 Å². The van der Waals surface area contributed by atoms with Gasteiger partial charge < -0.3 is 10.5 Å². The maximum absolute atomic E-state index is 6.13. The van der Waals surface area contributed by atoms with E-state index in [1.54, 1.807) is 6.20 Å². The van der Waals surface area contributed by atoms with Crippen LogP contribution >= 0.6 is 23.8 Å². The number of aryl methyl sites for hydroxylation is 2. The van der Waals surface area contributed by atoms with Crippen molar-refractivity contribution in [3.05, 3.63) is 57.9 Å². The SMILES string of the molecule is Cc1cc(OCc2cccnc2C(N)=S)cc(C)c1Cl. The molecule has 5 heteroatoms. The summed E-state index contributed by atoms with van der Waals surface area (Å²) in [6.07, 6.45) is 1.66. The summed E-state index contributed by atoms with van der Waals surface area (Å²) >= 11 is 11.1. The summed E-state index contributed by atoms with van der Waals surface area (Å²) in [5, 5.41) is 0.766. The molecule has 0 unspecified atom stereocenters. The van der Waals surface area contributed by atoms with E-state index < -0.39 is 0 Å². The topological polar surface area (TPSA) is 48.1 Å². The van der Waals surface area contributed by atoms with E-state index in [0.717, 1.165) is 27.5 Å². The summed E-state index contributed by atoms with van der Waals surface area (Å²) in [7, 11) is 0. The molecule has 2 aromatic rings. The van der Waals surface area contributed by atoms with Gasteiger partial charge in [0.1, 0.15) is 23.0 Å². The van der Waals surface area contributed by atoms with Crippen LogP contribution in [0, 0.1) is 13.8 Å². The molecule has 0 saturated heterocycles. The summed E-state index contributed by atoms with van der Waals surface area (Å²) in [5.74, 6) is 0.766. The lowest BCUT2D eigenvalue weighted by Crippen LogP contribution is -2.15. The summed E-state index contributed by atoms with van der Waals surface area (Å²) in [5.41, 5.74) is 9.09. The highest BCUT2D eigenvalue weighted by Gasteiger charge is 2.08. The number of rotatable bonds is 4. The molecule has 104 valence electrons. The monoisotopic (exact) mass is 306 g/mol. The number of pyridine rings is 1. The zero-order valence-electron chi connectivity index (χ0n) is 11.3. The number of benzene rings is 1. The molecule has 1 aromatic heterocycles. The van der Waals surface area contributed by atoms with Crippen molar-refractivity contribution in [3.8, 4) is 5.75 Å². The van der Waals surface area contributed by atoms with Crippen molar-refractivity contribution in [1.82, 2.24) is 4.98 Å². The van der Waals surface area contributed by atoms with Gasteiger partial charge in [0, 0.05) is 16.8 Å². The molecule has 20 heavy (non-hydrogen) atoms. The van der Waals surface area contributed by atoms with E-state index >= 15 is 0 Å². The molecular weight excluding hydrogens is 292 g/mol. The molecule has 2 N–H and O–H groups in total. The maximum atomic E-state index is 6.13. The zero-order valence-corrected chi connectivity index (χ0v) is 12.9. The fourth-order valence-corrected chi connectivity index (χ4v) is 2.22. The first-order valence-electron chi connectivity index (χ1n) is 6.12. The highest BCUT2D eigenvalue weighted by atomic mass is 35.5. The van der Waals surface area contributed by atoms with Gasteiger partial charge >= 0.3 is 0 Å². The first kappa shape index (κ1) is 14.8. The Balaban J connectivity index is 2.19. The standard InChI is InChI=1S/C15H15ClN2OS/c1-9-6-12(7-10(2)13(9)16)19-8-11-4-3-5-18-14(11)15(17)20/h3-7H,8H2,1-2H3,(H2,17,20). The highest BCUT2D eigenvalue weighted by molar-refractivity contribution is 7.80. The molecule has 0 atom stereocenters. The molecule has 0 bridgehead atoms. The van der Waals surface area contributed by atoms with Crippen molar-refractivity contribution in [3.63, 3.8) is 0 Å². The van der Waals surface area contributed by atoms with Gasteiger partial charge in [0.05, 0.1) is 0 Å². The Hall–Kier alpha value is -1.65. The van der Waals surface area contributed by atoms with Gasteiger partial charge in [-0.15, -0.1) is 0 Å². The number of nitrogens with two attached hydrogens (primary N) is 1. The average Bonchev–Trinajstić information content (AvgIpc) is 2.42. The third kappa shape index (κ3) is 3.26. The largest absolute Gasteiger partial charge is 0.489 e. The Morgan fingerprint density at radius 2 is 2.00 bits per heavy atom. The van der Waals surface area contributed by atoms with Gasteiger partial charge in [-0.1, -0.05) is 29.9 Å². The quantitative estimate of drug-likeness (QED) is 0.877. The van der Waals surface area contributed by atoms with E-state index in [-0.39, 0.29) is 4.99 Å². The van der Waals surface area contributed by atoms with Crippen LogP contribution in [0.1, 0.15) is 22.4 Å². The van der Waals surface area contributed by atoms with E-state index in [9.17, 15) is 0 Å². The third-order valence-corrected chi connectivity index (χ3v) is 3.72. The van der Waals surface area contributed by atoms with Gasteiger partial charge in [-0.3, -0.25) is 4.98 Å². The van der Waals surface area contributed by atoms with E-state index in [1.807, 2.05) is 38.1 Å². The fourth-order valence-electron chi connectivity index (χ4n) is 1.93. The number of hydrogen-bond acceptors (Lipinski definition) is 3. The van der Waals surface area contributed by atoms with Crippen molar-refractivity contribution in [2.45, 2.75) is 20.5 Å². The van der Waals surface area contributed by atoms with Crippen LogP contribution in [-0.2, 0) is 6.61 Å². The van der Waals surface area contributed by atoms with Gasteiger partial charge in [-0.25, -0.2) is 0 Å². The first-order chi connectivity index (χ1) is 9.49. The highest BCUT2D eigenvalue weighted by Crippen LogP contribution is 2.26. The molecular formula is C15H15ClN2OS. The molecule has 0 aliphatic heterocycles. The number of aromatic nitrogens is 1. The summed E-state index contributed by atoms with van der Waals surface area (Å²) < 4.78 is 5.79. The predicted octanol–water partition coefficient (Wildman–Crippen LogP) is 3.57. The predicted molar refractivity (Wildman–Crippen MR) is 85.4 cm³/mol.